The Labute approximate surface area is 121 Å². The molecule has 4 heteroatoms. The van der Waals surface area contributed by atoms with Crippen molar-refractivity contribution in [1.29, 1.82) is 0 Å². The van der Waals surface area contributed by atoms with Crippen molar-refractivity contribution in [2.45, 2.75) is 51.6 Å². The minimum atomic E-state index is 0.0873. The Morgan fingerprint density at radius 2 is 2.00 bits per heavy atom. The largest absolute Gasteiger partial charge is 0.327 e. The molecule has 0 saturated heterocycles. The summed E-state index contributed by atoms with van der Waals surface area (Å²) < 4.78 is 2.08. The van der Waals surface area contributed by atoms with Crippen molar-refractivity contribution in [3.63, 3.8) is 0 Å². The maximum Gasteiger partial charge on any atom is 0.0640 e. The quantitative estimate of drug-likeness (QED) is 0.843. The second-order valence-electron chi connectivity index (χ2n) is 5.29. The van der Waals surface area contributed by atoms with Gasteiger partial charge in [0.2, 0.25) is 0 Å². The lowest BCUT2D eigenvalue weighted by atomic mass is 10.0. The molecule has 0 aliphatic rings. The first kappa shape index (κ1) is 14.7. The van der Waals surface area contributed by atoms with Gasteiger partial charge in [0.25, 0.3) is 0 Å². The molecular weight excluding hydrogens is 248 g/mol. The summed E-state index contributed by atoms with van der Waals surface area (Å²) in [6, 6.07) is 6.68. The molecule has 108 valence electrons. The van der Waals surface area contributed by atoms with Crippen molar-refractivity contribution >= 4 is 0 Å². The lowest BCUT2D eigenvalue weighted by molar-refractivity contribution is 0.424. The van der Waals surface area contributed by atoms with E-state index in [1.54, 1.807) is 6.20 Å². The fourth-order valence-electron chi connectivity index (χ4n) is 2.51. The number of rotatable bonds is 7. The van der Waals surface area contributed by atoms with Crippen LogP contribution in [0.4, 0.5) is 0 Å². The molecule has 0 amide bonds. The van der Waals surface area contributed by atoms with E-state index in [4.69, 9.17) is 5.73 Å². The number of nitrogens with two attached hydrogens (primary N) is 1. The number of hydrogen-bond donors (Lipinski definition) is 1. The van der Waals surface area contributed by atoms with Gasteiger partial charge >= 0.3 is 0 Å². The predicted molar refractivity (Wildman–Crippen MR) is 81.5 cm³/mol. The zero-order valence-electron chi connectivity index (χ0n) is 12.4. The Morgan fingerprint density at radius 3 is 2.65 bits per heavy atom. The van der Waals surface area contributed by atoms with Crippen LogP contribution in [0.15, 0.2) is 36.8 Å². The maximum atomic E-state index is 6.21. The first-order valence-electron chi connectivity index (χ1n) is 7.41. The predicted octanol–water partition coefficient (Wildman–Crippen LogP) is 2.75. The van der Waals surface area contributed by atoms with E-state index in [9.17, 15) is 0 Å². The Hall–Kier alpha value is -1.68. The number of aromatic nitrogens is 3. The molecule has 0 bridgehead atoms. The van der Waals surface area contributed by atoms with E-state index >= 15 is 0 Å². The van der Waals surface area contributed by atoms with Crippen LogP contribution in [0, 0.1) is 0 Å². The molecule has 1 unspecified atom stereocenters. The molecule has 20 heavy (non-hydrogen) atoms. The van der Waals surface area contributed by atoms with Crippen LogP contribution in [0.1, 0.15) is 44.0 Å². The second-order valence-corrected chi connectivity index (χ2v) is 5.29. The smallest absolute Gasteiger partial charge is 0.0640 e. The van der Waals surface area contributed by atoms with Crippen molar-refractivity contribution in [3.8, 4) is 0 Å². The van der Waals surface area contributed by atoms with E-state index in [0.717, 1.165) is 31.4 Å². The zero-order chi connectivity index (χ0) is 14.4. The normalized spacial score (nSPS) is 12.8. The fourth-order valence-corrected chi connectivity index (χ4v) is 2.51. The fraction of sp³-hybridized carbons (Fsp3) is 0.500. The van der Waals surface area contributed by atoms with Crippen LogP contribution < -0.4 is 5.73 Å². The summed E-state index contributed by atoms with van der Waals surface area (Å²) in [5.74, 6) is 0. The third-order valence-corrected chi connectivity index (χ3v) is 3.67. The van der Waals surface area contributed by atoms with Crippen molar-refractivity contribution < 1.29 is 0 Å². The van der Waals surface area contributed by atoms with Gasteiger partial charge in [0.05, 0.1) is 11.7 Å². The molecule has 2 heterocycles. The molecule has 2 rings (SSSR count). The van der Waals surface area contributed by atoms with Crippen LogP contribution in [0.25, 0.3) is 0 Å². The summed E-state index contributed by atoms with van der Waals surface area (Å²) in [6.07, 6.45) is 9.60. The molecule has 1 atom stereocenters. The Bertz CT molecular complexity index is 502. The molecule has 0 spiro atoms. The number of hydrogen-bond acceptors (Lipinski definition) is 3. The minimum Gasteiger partial charge on any atom is -0.327 e. The van der Waals surface area contributed by atoms with Crippen molar-refractivity contribution in [2.75, 3.05) is 0 Å². The van der Waals surface area contributed by atoms with Crippen LogP contribution in [0.5, 0.6) is 0 Å². The molecule has 0 fully saturated rings. The molecule has 0 aromatic carbocycles. The average molecular weight is 272 g/mol. The maximum absolute atomic E-state index is 6.21. The summed E-state index contributed by atoms with van der Waals surface area (Å²) in [5, 5.41) is 4.65. The van der Waals surface area contributed by atoms with Crippen molar-refractivity contribution in [3.05, 3.63) is 48.0 Å². The van der Waals surface area contributed by atoms with E-state index in [1.165, 1.54) is 5.56 Å². The second kappa shape index (κ2) is 7.20. The first-order valence-corrected chi connectivity index (χ1v) is 7.41. The molecule has 4 nitrogen and oxygen atoms in total. The minimum absolute atomic E-state index is 0.0873. The van der Waals surface area contributed by atoms with Gasteiger partial charge in [-0.3, -0.25) is 9.67 Å². The lowest BCUT2D eigenvalue weighted by Gasteiger charge is -2.13. The van der Waals surface area contributed by atoms with Gasteiger partial charge in [-0.15, -0.1) is 0 Å². The van der Waals surface area contributed by atoms with Gasteiger partial charge in [0.1, 0.15) is 0 Å². The Morgan fingerprint density at radius 1 is 1.20 bits per heavy atom. The van der Waals surface area contributed by atoms with Gasteiger partial charge in [-0.2, -0.15) is 5.10 Å². The SMILES string of the molecule is CCC(CC)n1ccc(CC(N)Cc2cccnc2)n1. The topological polar surface area (TPSA) is 56.7 Å². The molecule has 0 aliphatic carbocycles. The average Bonchev–Trinajstić information content (AvgIpc) is 2.89. The van der Waals surface area contributed by atoms with Crippen LogP contribution in [0.2, 0.25) is 0 Å². The molecule has 0 aliphatic heterocycles. The number of pyridine rings is 1. The van der Waals surface area contributed by atoms with Crippen molar-refractivity contribution in [2.24, 2.45) is 5.73 Å². The zero-order valence-corrected chi connectivity index (χ0v) is 12.4. The molecule has 2 aromatic heterocycles. The molecule has 2 aromatic rings. The summed E-state index contributed by atoms with van der Waals surface area (Å²) in [6.45, 7) is 4.40. The Kier molecular flexibility index (Phi) is 5.30. The Balaban J connectivity index is 1.93. The highest BCUT2D eigenvalue weighted by atomic mass is 15.3. The highest BCUT2D eigenvalue weighted by Crippen LogP contribution is 2.15. The van der Waals surface area contributed by atoms with E-state index < -0.39 is 0 Å². The summed E-state index contributed by atoms with van der Waals surface area (Å²) in [7, 11) is 0. The molecule has 2 N–H and O–H groups in total. The molecular formula is C16H24N4. The van der Waals surface area contributed by atoms with Gasteiger partial charge in [-0.05, 0) is 37.0 Å². The van der Waals surface area contributed by atoms with Gasteiger partial charge < -0.3 is 5.73 Å². The lowest BCUT2D eigenvalue weighted by Crippen LogP contribution is -2.26. The van der Waals surface area contributed by atoms with Crippen LogP contribution in [0.3, 0.4) is 0 Å². The summed E-state index contributed by atoms with van der Waals surface area (Å²) >= 11 is 0. The highest BCUT2D eigenvalue weighted by Gasteiger charge is 2.11. The summed E-state index contributed by atoms with van der Waals surface area (Å²) in [4.78, 5) is 4.12. The van der Waals surface area contributed by atoms with E-state index in [2.05, 4.69) is 46.9 Å². The van der Waals surface area contributed by atoms with Gasteiger partial charge in [0, 0.05) is 31.1 Å². The van der Waals surface area contributed by atoms with Crippen LogP contribution in [-0.2, 0) is 12.8 Å². The van der Waals surface area contributed by atoms with E-state index in [0.29, 0.717) is 6.04 Å². The van der Waals surface area contributed by atoms with Crippen LogP contribution in [-0.4, -0.2) is 20.8 Å². The van der Waals surface area contributed by atoms with Crippen molar-refractivity contribution in [1.82, 2.24) is 14.8 Å². The third-order valence-electron chi connectivity index (χ3n) is 3.67. The van der Waals surface area contributed by atoms with Gasteiger partial charge in [-0.1, -0.05) is 19.9 Å². The molecule has 0 radical (unpaired) electrons. The third kappa shape index (κ3) is 3.90. The number of nitrogens with zero attached hydrogens (tertiary/aromatic N) is 3. The van der Waals surface area contributed by atoms with E-state index in [1.807, 2.05) is 12.3 Å². The van der Waals surface area contributed by atoms with E-state index in [-0.39, 0.29) is 6.04 Å². The monoisotopic (exact) mass is 272 g/mol. The highest BCUT2D eigenvalue weighted by molar-refractivity contribution is 5.11. The van der Waals surface area contributed by atoms with Gasteiger partial charge in [0.15, 0.2) is 0 Å². The van der Waals surface area contributed by atoms with Gasteiger partial charge in [-0.25, -0.2) is 0 Å². The first-order chi connectivity index (χ1) is 9.72. The molecule has 0 saturated carbocycles. The van der Waals surface area contributed by atoms with Crippen LogP contribution >= 0.6 is 0 Å². The summed E-state index contributed by atoms with van der Waals surface area (Å²) in [5.41, 5.74) is 8.47. The standard InChI is InChI=1S/C16H24N4/c1-3-16(4-2)20-9-7-15(19-20)11-14(17)10-13-6-5-8-18-12-13/h5-9,12,14,16H,3-4,10-11,17H2,1-2H3.